The lowest BCUT2D eigenvalue weighted by molar-refractivity contribution is -0.143. The molecule has 0 N–H and O–H groups in total. The minimum atomic E-state index is -0.448. The van der Waals surface area contributed by atoms with E-state index in [0.29, 0.717) is 30.6 Å². The molecule has 0 saturated heterocycles. The van der Waals surface area contributed by atoms with E-state index in [4.69, 9.17) is 27.9 Å². The van der Waals surface area contributed by atoms with Crippen molar-refractivity contribution in [2.45, 2.75) is 18.4 Å². The van der Waals surface area contributed by atoms with Crippen LogP contribution in [0.4, 0.5) is 0 Å². The Balaban J connectivity index is 2.13. The van der Waals surface area contributed by atoms with Crippen LogP contribution >= 0.6 is 46.3 Å². The van der Waals surface area contributed by atoms with Crippen molar-refractivity contribution in [3.05, 3.63) is 56.8 Å². The predicted molar refractivity (Wildman–Crippen MR) is 115 cm³/mol. The van der Waals surface area contributed by atoms with Gasteiger partial charge in [-0.3, -0.25) is 9.59 Å². The molecule has 0 aliphatic carbocycles. The number of aromatic nitrogens is 1. The van der Waals surface area contributed by atoms with Gasteiger partial charge in [0.05, 0.1) is 26.9 Å². The fourth-order valence-electron chi connectivity index (χ4n) is 2.56. The molecule has 146 valence electrons. The maximum absolute atomic E-state index is 12.7. The molecule has 1 aromatic heterocycles. The first-order valence-electron chi connectivity index (χ1n) is 8.30. The quantitative estimate of drug-likeness (QED) is 0.400. The molecule has 0 atom stereocenters. The Morgan fingerprint density at radius 1 is 1.14 bits per heavy atom. The Morgan fingerprint density at radius 2 is 1.82 bits per heavy atom. The highest BCUT2D eigenvalue weighted by atomic mass is 35.5. The third-order valence-corrected chi connectivity index (χ3v) is 6.44. The number of ether oxygens (including phenoxy) is 1. The number of halogens is 2. The zero-order valence-electron chi connectivity index (χ0n) is 15.1. The molecular formula is C19H16Cl2N2O3S2. The van der Waals surface area contributed by atoms with Gasteiger partial charge in [-0.1, -0.05) is 34.5 Å². The Hall–Kier alpha value is -1.80. The third-order valence-electron chi connectivity index (χ3n) is 3.86. The number of nitrogens with zero attached hydrogens (tertiary/aromatic N) is 2. The van der Waals surface area contributed by atoms with Crippen molar-refractivity contribution in [3.63, 3.8) is 0 Å². The second-order valence-electron chi connectivity index (χ2n) is 5.63. The average molecular weight is 455 g/mol. The molecule has 1 heterocycles. The van der Waals surface area contributed by atoms with E-state index >= 15 is 0 Å². The van der Waals surface area contributed by atoms with Crippen LogP contribution in [0.25, 0.3) is 10.2 Å². The first kappa shape index (κ1) is 20.9. The van der Waals surface area contributed by atoms with Crippen LogP contribution in [0.15, 0.2) is 46.3 Å². The largest absolute Gasteiger partial charge is 0.465 e. The summed E-state index contributed by atoms with van der Waals surface area (Å²) in [6.45, 7) is 1.86. The van der Waals surface area contributed by atoms with Gasteiger partial charge in [0.25, 0.3) is 5.91 Å². The molecule has 0 saturated carbocycles. The van der Waals surface area contributed by atoms with Gasteiger partial charge in [0.1, 0.15) is 6.54 Å². The van der Waals surface area contributed by atoms with E-state index < -0.39 is 11.9 Å². The number of thioether (sulfide) groups is 1. The summed E-state index contributed by atoms with van der Waals surface area (Å²) in [4.78, 5) is 30.4. The lowest BCUT2D eigenvalue weighted by atomic mass is 10.2. The second kappa shape index (κ2) is 9.13. The molecular weight excluding hydrogens is 439 g/mol. The Kier molecular flexibility index (Phi) is 6.82. The van der Waals surface area contributed by atoms with Crippen molar-refractivity contribution >= 4 is 68.4 Å². The number of amides is 1. The normalized spacial score (nSPS) is 11.8. The van der Waals surface area contributed by atoms with Crippen LogP contribution in [-0.2, 0) is 16.1 Å². The van der Waals surface area contributed by atoms with Crippen LogP contribution in [0.3, 0.4) is 0 Å². The lowest BCUT2D eigenvalue weighted by Gasteiger charge is -2.06. The smallest absolute Gasteiger partial charge is 0.326 e. The summed E-state index contributed by atoms with van der Waals surface area (Å²) in [5.74, 6) is -0.861. The molecule has 3 rings (SSSR count). The van der Waals surface area contributed by atoms with Gasteiger partial charge in [-0.25, -0.2) is 0 Å². The SMILES string of the molecule is CCOC(=O)Cn1c(=NC(=O)c2ccc(SC)cc2)sc2c(Cl)ccc(Cl)c21. The number of hydrogen-bond donors (Lipinski definition) is 0. The molecule has 2 aromatic carbocycles. The third kappa shape index (κ3) is 4.43. The maximum atomic E-state index is 12.7. The highest BCUT2D eigenvalue weighted by molar-refractivity contribution is 7.98. The molecule has 3 aromatic rings. The molecule has 9 heteroatoms. The maximum Gasteiger partial charge on any atom is 0.326 e. The first-order chi connectivity index (χ1) is 13.4. The summed E-state index contributed by atoms with van der Waals surface area (Å²) in [6, 6.07) is 10.5. The molecule has 0 spiro atoms. The fraction of sp³-hybridized carbons (Fsp3) is 0.211. The number of esters is 1. The summed E-state index contributed by atoms with van der Waals surface area (Å²) < 4.78 is 7.27. The highest BCUT2D eigenvalue weighted by Gasteiger charge is 2.17. The van der Waals surface area contributed by atoms with Gasteiger partial charge < -0.3 is 9.30 Å². The van der Waals surface area contributed by atoms with Gasteiger partial charge in [-0.15, -0.1) is 11.8 Å². The lowest BCUT2D eigenvalue weighted by Crippen LogP contribution is -2.23. The molecule has 0 bridgehead atoms. The second-order valence-corrected chi connectivity index (χ2v) is 8.30. The van der Waals surface area contributed by atoms with E-state index in [1.807, 2.05) is 18.4 Å². The number of carbonyl (C=O) groups excluding carboxylic acids is 2. The van der Waals surface area contributed by atoms with E-state index in [0.717, 1.165) is 4.90 Å². The van der Waals surface area contributed by atoms with Gasteiger partial charge >= 0.3 is 5.97 Å². The van der Waals surface area contributed by atoms with Crippen molar-refractivity contribution in [3.8, 4) is 0 Å². The summed E-state index contributed by atoms with van der Waals surface area (Å²) in [6.07, 6.45) is 1.96. The molecule has 0 radical (unpaired) electrons. The standard InChI is InChI=1S/C19H16Cl2N2O3S2/c1-3-26-15(24)10-23-16-13(20)8-9-14(21)17(16)28-19(23)22-18(25)11-4-6-12(27-2)7-5-11/h4-9H,3,10H2,1-2H3. The Morgan fingerprint density at radius 3 is 2.46 bits per heavy atom. The predicted octanol–water partition coefficient (Wildman–Crippen LogP) is 5.04. The Bertz CT molecular complexity index is 1100. The molecule has 5 nitrogen and oxygen atoms in total. The zero-order chi connectivity index (χ0) is 20.3. The number of rotatable bonds is 5. The monoisotopic (exact) mass is 454 g/mol. The molecule has 0 aliphatic heterocycles. The van der Waals surface area contributed by atoms with E-state index in [-0.39, 0.29) is 13.2 Å². The van der Waals surface area contributed by atoms with Crippen molar-refractivity contribution in [1.82, 2.24) is 4.57 Å². The number of hydrogen-bond acceptors (Lipinski definition) is 5. The van der Waals surface area contributed by atoms with E-state index in [2.05, 4.69) is 4.99 Å². The van der Waals surface area contributed by atoms with E-state index in [9.17, 15) is 9.59 Å². The number of benzene rings is 2. The summed E-state index contributed by atoms with van der Waals surface area (Å²) in [5.41, 5.74) is 1.01. The number of thiazole rings is 1. The van der Waals surface area contributed by atoms with Crippen LogP contribution in [0.1, 0.15) is 17.3 Å². The molecule has 0 fully saturated rings. The topological polar surface area (TPSA) is 60.7 Å². The molecule has 1 amide bonds. The zero-order valence-corrected chi connectivity index (χ0v) is 18.2. The van der Waals surface area contributed by atoms with Crippen molar-refractivity contribution < 1.29 is 14.3 Å². The first-order valence-corrected chi connectivity index (χ1v) is 11.1. The number of fused-ring (bicyclic) bond motifs is 1. The van der Waals surface area contributed by atoms with Crippen molar-refractivity contribution in [2.75, 3.05) is 12.9 Å². The summed E-state index contributed by atoms with van der Waals surface area (Å²) >= 11 is 15.4. The average Bonchev–Trinajstić information content (AvgIpc) is 3.04. The van der Waals surface area contributed by atoms with Crippen LogP contribution in [-0.4, -0.2) is 29.3 Å². The van der Waals surface area contributed by atoms with Gasteiger partial charge in [-0.2, -0.15) is 4.99 Å². The minimum absolute atomic E-state index is 0.120. The van der Waals surface area contributed by atoms with Gasteiger partial charge in [-0.05, 0) is 49.6 Å². The Labute approximate surface area is 179 Å². The van der Waals surface area contributed by atoms with E-state index in [1.165, 1.54) is 11.3 Å². The van der Waals surface area contributed by atoms with Crippen molar-refractivity contribution in [2.24, 2.45) is 4.99 Å². The van der Waals surface area contributed by atoms with Crippen LogP contribution in [0.2, 0.25) is 10.0 Å². The van der Waals surface area contributed by atoms with Gasteiger partial charge in [0, 0.05) is 10.5 Å². The summed E-state index contributed by atoms with van der Waals surface area (Å²) in [5, 5.41) is 0.887. The minimum Gasteiger partial charge on any atom is -0.465 e. The van der Waals surface area contributed by atoms with Crippen LogP contribution in [0.5, 0.6) is 0 Å². The van der Waals surface area contributed by atoms with Gasteiger partial charge in [0.15, 0.2) is 4.80 Å². The molecule has 0 unspecified atom stereocenters. The highest BCUT2D eigenvalue weighted by Crippen LogP contribution is 2.32. The van der Waals surface area contributed by atoms with Crippen molar-refractivity contribution in [1.29, 1.82) is 0 Å². The van der Waals surface area contributed by atoms with E-state index in [1.54, 1.807) is 47.5 Å². The molecule has 0 aliphatic rings. The van der Waals surface area contributed by atoms with Crippen LogP contribution in [0, 0.1) is 0 Å². The van der Waals surface area contributed by atoms with Crippen LogP contribution < -0.4 is 4.80 Å². The van der Waals surface area contributed by atoms with Gasteiger partial charge in [0.2, 0.25) is 0 Å². The number of carbonyl (C=O) groups is 2. The molecule has 28 heavy (non-hydrogen) atoms. The fourth-order valence-corrected chi connectivity index (χ4v) is 4.62. The summed E-state index contributed by atoms with van der Waals surface area (Å²) in [7, 11) is 0.